The zero-order valence-electron chi connectivity index (χ0n) is 10.8. The van der Waals surface area contributed by atoms with Gasteiger partial charge >= 0.3 is 0 Å². The summed E-state index contributed by atoms with van der Waals surface area (Å²) in [6.07, 6.45) is 3.18. The van der Waals surface area contributed by atoms with Gasteiger partial charge in [-0.3, -0.25) is 9.59 Å². The molecule has 0 aromatic rings. The van der Waals surface area contributed by atoms with Gasteiger partial charge in [-0.25, -0.2) is 0 Å². The Morgan fingerprint density at radius 3 is 2.50 bits per heavy atom. The first-order valence-corrected chi connectivity index (χ1v) is 6.42. The summed E-state index contributed by atoms with van der Waals surface area (Å²) in [5, 5.41) is 2.90. The molecule has 6 heteroatoms. The van der Waals surface area contributed by atoms with Crippen molar-refractivity contribution in [3.63, 3.8) is 0 Å². The van der Waals surface area contributed by atoms with Crippen LogP contribution in [0.3, 0.4) is 0 Å². The van der Waals surface area contributed by atoms with E-state index in [4.69, 9.17) is 10.5 Å². The van der Waals surface area contributed by atoms with Crippen molar-refractivity contribution in [3.05, 3.63) is 0 Å². The lowest BCUT2D eigenvalue weighted by Gasteiger charge is -2.33. The molecule has 0 unspecified atom stereocenters. The molecule has 0 radical (unpaired) electrons. The van der Waals surface area contributed by atoms with Crippen LogP contribution in [0, 0.1) is 0 Å². The summed E-state index contributed by atoms with van der Waals surface area (Å²) in [5.41, 5.74) is 5.32. The second-order valence-corrected chi connectivity index (χ2v) is 5.22. The van der Waals surface area contributed by atoms with E-state index in [9.17, 15) is 9.59 Å². The number of carbonyl (C=O) groups excluding carboxylic acids is 2. The highest BCUT2D eigenvalue weighted by Gasteiger charge is 2.48. The predicted octanol–water partition coefficient (Wildman–Crippen LogP) is -0.769. The smallest absolute Gasteiger partial charge is 0.246 e. The third-order valence-corrected chi connectivity index (χ3v) is 3.64. The number of amides is 2. The Hall–Kier alpha value is -1.14. The highest BCUT2D eigenvalue weighted by Crippen LogP contribution is 2.34. The number of hydrogen-bond donors (Lipinski definition) is 2. The molecular formula is C12H21N3O3. The van der Waals surface area contributed by atoms with Gasteiger partial charge < -0.3 is 20.7 Å². The normalized spacial score (nSPS) is 22.7. The Kier molecular flexibility index (Phi) is 3.87. The topological polar surface area (TPSA) is 84.7 Å². The van der Waals surface area contributed by atoms with E-state index in [1.807, 2.05) is 4.90 Å². The third kappa shape index (κ3) is 3.00. The Morgan fingerprint density at radius 2 is 2.00 bits per heavy atom. The molecule has 18 heavy (non-hydrogen) atoms. The number of rotatable bonds is 4. The van der Waals surface area contributed by atoms with E-state index >= 15 is 0 Å². The van der Waals surface area contributed by atoms with Crippen LogP contribution < -0.4 is 11.1 Å². The van der Waals surface area contributed by atoms with Gasteiger partial charge in [0, 0.05) is 26.2 Å². The van der Waals surface area contributed by atoms with Crippen molar-refractivity contribution in [1.82, 2.24) is 10.2 Å². The lowest BCUT2D eigenvalue weighted by Crippen LogP contribution is -2.52. The van der Waals surface area contributed by atoms with E-state index in [1.165, 1.54) is 7.11 Å². The zero-order chi connectivity index (χ0) is 13.2. The van der Waals surface area contributed by atoms with Crippen LogP contribution in [0.1, 0.15) is 25.7 Å². The number of nitrogens with zero attached hydrogens (tertiary/aromatic N) is 1. The molecule has 0 atom stereocenters. The second-order valence-electron chi connectivity index (χ2n) is 5.22. The van der Waals surface area contributed by atoms with E-state index in [2.05, 4.69) is 5.32 Å². The van der Waals surface area contributed by atoms with Crippen LogP contribution in [0.15, 0.2) is 0 Å². The molecule has 6 nitrogen and oxygen atoms in total. The largest absolute Gasteiger partial charge is 0.375 e. The zero-order valence-corrected chi connectivity index (χ0v) is 10.8. The molecule has 1 aliphatic carbocycles. The molecule has 0 aromatic heterocycles. The van der Waals surface area contributed by atoms with Gasteiger partial charge in [0.05, 0.1) is 5.54 Å². The minimum atomic E-state index is -0.577. The molecule has 1 aliphatic heterocycles. The number of nitrogens with two attached hydrogens (primary N) is 1. The number of methoxy groups -OCH3 is 1. The molecule has 2 aliphatic rings. The lowest BCUT2D eigenvalue weighted by atomic mass is 10.0. The van der Waals surface area contributed by atoms with Gasteiger partial charge in [0.1, 0.15) is 6.61 Å². The Morgan fingerprint density at radius 1 is 1.39 bits per heavy atom. The molecule has 2 fully saturated rings. The lowest BCUT2D eigenvalue weighted by molar-refractivity contribution is -0.134. The second kappa shape index (κ2) is 5.24. The quantitative estimate of drug-likeness (QED) is 0.691. The van der Waals surface area contributed by atoms with Crippen LogP contribution in [0.25, 0.3) is 0 Å². The highest BCUT2D eigenvalue weighted by molar-refractivity contribution is 5.89. The van der Waals surface area contributed by atoms with Crippen molar-refractivity contribution in [2.45, 2.75) is 37.3 Å². The van der Waals surface area contributed by atoms with E-state index < -0.39 is 5.54 Å². The van der Waals surface area contributed by atoms with E-state index in [0.717, 1.165) is 25.7 Å². The van der Waals surface area contributed by atoms with Crippen molar-refractivity contribution in [2.75, 3.05) is 26.8 Å². The molecule has 0 bridgehead atoms. The van der Waals surface area contributed by atoms with Crippen molar-refractivity contribution >= 4 is 11.8 Å². The maximum absolute atomic E-state index is 12.0. The summed E-state index contributed by atoms with van der Waals surface area (Å²) in [6, 6.07) is 0.143. The van der Waals surface area contributed by atoms with Gasteiger partial charge in [0.15, 0.2) is 0 Å². The van der Waals surface area contributed by atoms with Gasteiger partial charge in [0.25, 0.3) is 0 Å². The molecule has 0 aromatic carbocycles. The fourth-order valence-corrected chi connectivity index (χ4v) is 2.29. The first-order chi connectivity index (χ1) is 8.55. The summed E-state index contributed by atoms with van der Waals surface area (Å²) in [5.74, 6) is -0.0241. The molecule has 1 saturated carbocycles. The van der Waals surface area contributed by atoms with Crippen LogP contribution in [0.4, 0.5) is 0 Å². The molecule has 2 rings (SSSR count). The number of piperidine rings is 1. The molecule has 0 spiro atoms. The summed E-state index contributed by atoms with van der Waals surface area (Å²) in [6.45, 7) is 1.44. The Balaban J connectivity index is 1.74. The first-order valence-electron chi connectivity index (χ1n) is 6.42. The fourth-order valence-electron chi connectivity index (χ4n) is 2.29. The molecule has 102 valence electrons. The summed E-state index contributed by atoms with van der Waals surface area (Å²) < 4.78 is 4.76. The van der Waals surface area contributed by atoms with Gasteiger partial charge in [0.2, 0.25) is 11.8 Å². The average Bonchev–Trinajstić information content (AvgIpc) is 3.09. The summed E-state index contributed by atoms with van der Waals surface area (Å²) in [7, 11) is 1.50. The maximum Gasteiger partial charge on any atom is 0.246 e. The minimum absolute atomic E-state index is 0.0733. The van der Waals surface area contributed by atoms with Crippen molar-refractivity contribution < 1.29 is 14.3 Å². The van der Waals surface area contributed by atoms with Gasteiger partial charge in [-0.05, 0) is 25.7 Å². The van der Waals surface area contributed by atoms with Crippen molar-refractivity contribution in [3.8, 4) is 0 Å². The number of likely N-dealkylation sites (tertiary alicyclic amines) is 1. The molecular weight excluding hydrogens is 234 g/mol. The van der Waals surface area contributed by atoms with Crippen molar-refractivity contribution in [2.24, 2.45) is 5.73 Å². The number of hydrogen-bond acceptors (Lipinski definition) is 4. The fraction of sp³-hybridized carbons (Fsp3) is 0.833. The third-order valence-electron chi connectivity index (χ3n) is 3.64. The Bertz CT molecular complexity index is 333. The molecule has 1 heterocycles. The maximum atomic E-state index is 12.0. The highest BCUT2D eigenvalue weighted by atomic mass is 16.5. The van der Waals surface area contributed by atoms with Crippen molar-refractivity contribution in [1.29, 1.82) is 0 Å². The van der Waals surface area contributed by atoms with Gasteiger partial charge in [-0.15, -0.1) is 0 Å². The van der Waals surface area contributed by atoms with Crippen LogP contribution in [0.5, 0.6) is 0 Å². The predicted molar refractivity (Wildman–Crippen MR) is 65.8 cm³/mol. The van der Waals surface area contributed by atoms with Gasteiger partial charge in [-0.1, -0.05) is 0 Å². The first kappa shape index (κ1) is 13.3. The van der Waals surface area contributed by atoms with Crippen LogP contribution in [0.2, 0.25) is 0 Å². The van der Waals surface area contributed by atoms with E-state index in [-0.39, 0.29) is 24.5 Å². The number of carbonyl (C=O) groups is 2. The monoisotopic (exact) mass is 255 g/mol. The number of nitrogens with one attached hydrogen (secondary N) is 1. The average molecular weight is 255 g/mol. The Labute approximate surface area is 107 Å². The van der Waals surface area contributed by atoms with E-state index in [1.54, 1.807) is 0 Å². The van der Waals surface area contributed by atoms with Crippen LogP contribution in [-0.4, -0.2) is 55.1 Å². The number of ether oxygens (including phenoxy) is 1. The minimum Gasteiger partial charge on any atom is -0.375 e. The SMILES string of the molecule is COCC(=O)NC1CCN(C(=O)C2(N)CC2)CC1. The summed E-state index contributed by atoms with van der Waals surface area (Å²) in [4.78, 5) is 25.2. The summed E-state index contributed by atoms with van der Waals surface area (Å²) >= 11 is 0. The van der Waals surface area contributed by atoms with Gasteiger partial charge in [-0.2, -0.15) is 0 Å². The molecule has 3 N–H and O–H groups in total. The molecule has 2 amide bonds. The van der Waals surface area contributed by atoms with E-state index in [0.29, 0.717) is 13.1 Å². The van der Waals surface area contributed by atoms with Crippen LogP contribution >= 0.6 is 0 Å². The standard InChI is InChI=1S/C12H21N3O3/c1-18-8-10(16)14-9-2-6-15(7-3-9)11(17)12(13)4-5-12/h9H,2-8,13H2,1H3,(H,14,16). The van der Waals surface area contributed by atoms with Crippen LogP contribution in [-0.2, 0) is 14.3 Å². The molecule has 1 saturated heterocycles.